The van der Waals surface area contributed by atoms with Gasteiger partial charge in [-0.3, -0.25) is 4.79 Å². The lowest BCUT2D eigenvalue weighted by atomic mass is 9.92. The molecule has 3 rings (SSSR count). The number of rotatable bonds is 9. The van der Waals surface area contributed by atoms with Crippen molar-refractivity contribution in [3.63, 3.8) is 0 Å². The number of carbonyl (C=O) groups is 1. The third kappa shape index (κ3) is 5.61. The molecule has 1 atom stereocenters. The largest absolute Gasteiger partial charge is 0.465 e. The summed E-state index contributed by atoms with van der Waals surface area (Å²) in [6.45, 7) is 3.32. The smallest absolute Gasteiger partial charge is 0.313 e. The highest BCUT2D eigenvalue weighted by Crippen LogP contribution is 2.41. The molecule has 0 unspecified atom stereocenters. The number of carbonyl (C=O) groups excluding carboxylic acids is 1. The molecule has 2 aromatic carbocycles. The first-order valence-corrected chi connectivity index (χ1v) is 10.9. The number of benzene rings is 2. The Labute approximate surface area is 181 Å². The van der Waals surface area contributed by atoms with Gasteiger partial charge in [-0.1, -0.05) is 36.4 Å². The van der Waals surface area contributed by atoms with Crippen LogP contribution < -0.4 is 4.90 Å². The molecule has 1 heterocycles. The van der Waals surface area contributed by atoms with Crippen molar-refractivity contribution in [3.05, 3.63) is 59.7 Å². The van der Waals surface area contributed by atoms with Gasteiger partial charge in [0.15, 0.2) is 0 Å². The van der Waals surface area contributed by atoms with Gasteiger partial charge in [-0.25, -0.2) is 0 Å². The summed E-state index contributed by atoms with van der Waals surface area (Å²) in [5, 5.41) is 0. The fraction of sp³-hybridized carbons (Fsp3) is 0.480. The van der Waals surface area contributed by atoms with Gasteiger partial charge < -0.3 is 19.4 Å². The zero-order chi connectivity index (χ0) is 21.5. The van der Waals surface area contributed by atoms with E-state index < -0.39 is 0 Å². The third-order valence-corrected chi connectivity index (χ3v) is 5.57. The number of para-hydroxylation sites is 2. The summed E-state index contributed by atoms with van der Waals surface area (Å²) in [6.07, 6.45) is 2.57. The van der Waals surface area contributed by atoms with E-state index in [2.05, 4.69) is 71.3 Å². The lowest BCUT2D eigenvalue weighted by Gasteiger charge is -2.28. The second kappa shape index (κ2) is 10.6. The molecule has 0 spiro atoms. The Kier molecular flexibility index (Phi) is 7.88. The molecular weight excluding hydrogens is 374 g/mol. The van der Waals surface area contributed by atoms with Crippen molar-refractivity contribution in [2.24, 2.45) is 0 Å². The van der Waals surface area contributed by atoms with Crippen LogP contribution in [0.3, 0.4) is 0 Å². The molecule has 0 bridgehead atoms. The van der Waals surface area contributed by atoms with Crippen LogP contribution in [0.2, 0.25) is 0 Å². The van der Waals surface area contributed by atoms with E-state index in [4.69, 9.17) is 4.74 Å². The van der Waals surface area contributed by atoms with E-state index in [1.54, 1.807) is 0 Å². The average Bonchev–Trinajstić information content (AvgIpc) is 2.86. The Hall–Kier alpha value is -2.37. The van der Waals surface area contributed by atoms with E-state index in [0.717, 1.165) is 43.7 Å². The fourth-order valence-electron chi connectivity index (χ4n) is 4.08. The topological polar surface area (TPSA) is 36.0 Å². The minimum Gasteiger partial charge on any atom is -0.465 e. The second-order valence-corrected chi connectivity index (χ2v) is 8.58. The Morgan fingerprint density at radius 1 is 0.933 bits per heavy atom. The number of hydrogen-bond acceptors (Lipinski definition) is 5. The number of fused-ring (bicyclic) bond motifs is 2. The predicted octanol–water partition coefficient (Wildman–Crippen LogP) is 3.91. The van der Waals surface area contributed by atoms with E-state index in [1.165, 1.54) is 11.3 Å². The normalized spacial score (nSPS) is 15.7. The minimum absolute atomic E-state index is 0.119. The van der Waals surface area contributed by atoms with Gasteiger partial charge in [0.1, 0.15) is 0 Å². The lowest BCUT2D eigenvalue weighted by Crippen LogP contribution is -2.24. The Morgan fingerprint density at radius 3 is 2.30 bits per heavy atom. The zero-order valence-electron chi connectivity index (χ0n) is 18.8. The number of nitrogens with zero attached hydrogens (tertiary/aromatic N) is 3. The Balaban J connectivity index is 1.88. The molecule has 5 heteroatoms. The summed E-state index contributed by atoms with van der Waals surface area (Å²) in [5.74, 6) is -0.397. The lowest BCUT2D eigenvalue weighted by molar-refractivity contribution is -0.145. The number of esters is 1. The van der Waals surface area contributed by atoms with E-state index in [1.807, 2.05) is 20.2 Å². The summed E-state index contributed by atoms with van der Waals surface area (Å²) >= 11 is 0. The number of anilines is 2. The maximum absolute atomic E-state index is 13.1. The maximum Gasteiger partial charge on any atom is 0.313 e. The second-order valence-electron chi connectivity index (χ2n) is 8.58. The molecule has 162 valence electrons. The van der Waals surface area contributed by atoms with E-state index in [9.17, 15) is 4.79 Å². The molecule has 0 amide bonds. The van der Waals surface area contributed by atoms with Crippen LogP contribution in [0.1, 0.15) is 29.9 Å². The van der Waals surface area contributed by atoms with Crippen molar-refractivity contribution in [1.29, 1.82) is 0 Å². The van der Waals surface area contributed by atoms with Crippen LogP contribution in [-0.2, 0) is 16.0 Å². The molecule has 0 aliphatic carbocycles. The highest BCUT2D eigenvalue weighted by Gasteiger charge is 2.31. The maximum atomic E-state index is 13.1. The van der Waals surface area contributed by atoms with Gasteiger partial charge in [0.2, 0.25) is 0 Å². The quantitative estimate of drug-likeness (QED) is 0.464. The molecule has 1 aliphatic heterocycles. The van der Waals surface area contributed by atoms with Gasteiger partial charge in [-0.2, -0.15) is 0 Å². The molecule has 2 aromatic rings. The Morgan fingerprint density at radius 2 is 1.57 bits per heavy atom. The van der Waals surface area contributed by atoms with Crippen LogP contribution in [0.5, 0.6) is 0 Å². The van der Waals surface area contributed by atoms with Crippen molar-refractivity contribution >= 4 is 17.3 Å². The first-order chi connectivity index (χ1) is 14.5. The third-order valence-electron chi connectivity index (χ3n) is 5.57. The predicted molar refractivity (Wildman–Crippen MR) is 124 cm³/mol. The summed E-state index contributed by atoms with van der Waals surface area (Å²) in [4.78, 5) is 19.8. The molecule has 0 fully saturated rings. The van der Waals surface area contributed by atoms with E-state index >= 15 is 0 Å². The van der Waals surface area contributed by atoms with Crippen molar-refractivity contribution in [1.82, 2.24) is 9.80 Å². The molecule has 0 saturated carbocycles. The average molecular weight is 410 g/mol. The minimum atomic E-state index is -0.277. The molecule has 0 radical (unpaired) electrons. The molecule has 0 aromatic heterocycles. The fourth-order valence-corrected chi connectivity index (χ4v) is 4.08. The first-order valence-electron chi connectivity index (χ1n) is 10.9. The molecule has 30 heavy (non-hydrogen) atoms. The molecule has 1 aliphatic rings. The first kappa shape index (κ1) is 22.3. The molecule has 0 saturated heterocycles. The summed E-state index contributed by atoms with van der Waals surface area (Å²) in [5.41, 5.74) is 4.59. The van der Waals surface area contributed by atoms with Crippen molar-refractivity contribution < 1.29 is 9.53 Å². The van der Waals surface area contributed by atoms with Crippen LogP contribution in [-0.4, -0.2) is 70.2 Å². The number of hydrogen-bond donors (Lipinski definition) is 0. The van der Waals surface area contributed by atoms with Crippen molar-refractivity contribution in [3.8, 4) is 0 Å². The van der Waals surface area contributed by atoms with Gasteiger partial charge in [0.05, 0.1) is 12.5 Å². The van der Waals surface area contributed by atoms with Crippen LogP contribution in [0.4, 0.5) is 11.4 Å². The molecule has 5 nitrogen and oxygen atoms in total. The highest BCUT2D eigenvalue weighted by molar-refractivity contribution is 5.85. The van der Waals surface area contributed by atoms with Gasteiger partial charge in [0.25, 0.3) is 0 Å². The van der Waals surface area contributed by atoms with Gasteiger partial charge in [-0.05, 0) is 77.3 Å². The van der Waals surface area contributed by atoms with Crippen molar-refractivity contribution in [2.75, 3.05) is 59.3 Å². The monoisotopic (exact) mass is 409 g/mol. The van der Waals surface area contributed by atoms with Crippen LogP contribution in [0.15, 0.2) is 48.5 Å². The molecular formula is C25H35N3O2. The summed E-state index contributed by atoms with van der Waals surface area (Å²) < 4.78 is 5.72. The summed E-state index contributed by atoms with van der Waals surface area (Å²) in [6, 6.07) is 16.8. The van der Waals surface area contributed by atoms with E-state index in [0.29, 0.717) is 13.0 Å². The SMILES string of the molecule is CN(C)CCCOC(=O)[C@H]1Cc2ccccc2N(CCCN(C)C)c2ccccc21. The Bertz CT molecular complexity index is 835. The van der Waals surface area contributed by atoms with Gasteiger partial charge >= 0.3 is 5.97 Å². The highest BCUT2D eigenvalue weighted by atomic mass is 16.5. The molecule has 0 N–H and O–H groups in total. The van der Waals surface area contributed by atoms with Crippen LogP contribution >= 0.6 is 0 Å². The van der Waals surface area contributed by atoms with Crippen LogP contribution in [0, 0.1) is 0 Å². The van der Waals surface area contributed by atoms with E-state index in [-0.39, 0.29) is 11.9 Å². The van der Waals surface area contributed by atoms with Gasteiger partial charge in [0, 0.05) is 24.5 Å². The zero-order valence-corrected chi connectivity index (χ0v) is 18.8. The standard InChI is InChI=1S/C25H35N3O2/c1-26(2)15-9-17-28-23-13-7-5-11-20(23)19-22(21-12-6-8-14-24(21)28)25(29)30-18-10-16-27(3)4/h5-8,11-14,22H,9-10,15-19H2,1-4H3/t22-/m0/s1. The van der Waals surface area contributed by atoms with Crippen LogP contribution in [0.25, 0.3) is 0 Å². The van der Waals surface area contributed by atoms with Gasteiger partial charge in [-0.15, -0.1) is 0 Å². The summed E-state index contributed by atoms with van der Waals surface area (Å²) in [7, 11) is 8.27. The number of ether oxygens (including phenoxy) is 1. The van der Waals surface area contributed by atoms with Crippen molar-refractivity contribution in [2.45, 2.75) is 25.2 Å².